The molecule has 174 valence electrons. The minimum atomic E-state index is -5.11. The number of ether oxygens (including phenoxy) is 2. The Labute approximate surface area is 187 Å². The summed E-state index contributed by atoms with van der Waals surface area (Å²) in [6.45, 7) is 2.11. The van der Waals surface area contributed by atoms with Crippen LogP contribution in [0.1, 0.15) is 24.5 Å². The van der Waals surface area contributed by atoms with Crippen LogP contribution in [-0.2, 0) is 6.42 Å². The molecule has 0 unspecified atom stereocenters. The Bertz CT molecular complexity index is 1090. The molecule has 0 aliphatic heterocycles. The molecule has 2 nitrogen and oxygen atoms in total. The second-order valence-electron chi connectivity index (χ2n) is 7.21. The van der Waals surface area contributed by atoms with Crippen molar-refractivity contribution in [2.75, 3.05) is 0 Å². The number of benzene rings is 3. The van der Waals surface area contributed by atoms with Crippen molar-refractivity contribution in [2.24, 2.45) is 0 Å². The van der Waals surface area contributed by atoms with Gasteiger partial charge in [0.05, 0.1) is 0 Å². The number of hydrogen-bond acceptors (Lipinski definition) is 2. The van der Waals surface area contributed by atoms with Crippen molar-refractivity contribution < 1.29 is 35.8 Å². The molecular formula is C25H20F6O2. The molecule has 0 radical (unpaired) electrons. The maximum Gasteiger partial charge on any atom is 0.573 e. The maximum atomic E-state index is 14.1. The van der Waals surface area contributed by atoms with E-state index in [1.807, 2.05) is 12.1 Å². The average molecular weight is 466 g/mol. The van der Waals surface area contributed by atoms with E-state index in [2.05, 4.69) is 28.5 Å². The summed E-state index contributed by atoms with van der Waals surface area (Å²) < 4.78 is 86.3. The fraction of sp³-hybridized carbons (Fsp3) is 0.200. The van der Waals surface area contributed by atoms with Crippen molar-refractivity contribution in [1.29, 1.82) is 0 Å². The molecule has 33 heavy (non-hydrogen) atoms. The van der Waals surface area contributed by atoms with E-state index >= 15 is 0 Å². The molecule has 0 heterocycles. The van der Waals surface area contributed by atoms with Crippen LogP contribution in [-0.4, -0.2) is 12.5 Å². The van der Waals surface area contributed by atoms with Crippen molar-refractivity contribution in [3.8, 4) is 22.6 Å². The fourth-order valence-electron chi connectivity index (χ4n) is 3.08. The second-order valence-corrected chi connectivity index (χ2v) is 7.21. The second kappa shape index (κ2) is 10.0. The highest BCUT2D eigenvalue weighted by Gasteiger charge is 2.33. The Morgan fingerprint density at radius 3 is 1.94 bits per heavy atom. The largest absolute Gasteiger partial charge is 0.573 e. The lowest BCUT2D eigenvalue weighted by Gasteiger charge is -2.15. The zero-order chi connectivity index (χ0) is 24.1. The quantitative estimate of drug-likeness (QED) is 0.313. The summed E-state index contributed by atoms with van der Waals surface area (Å²) in [7, 11) is 0. The molecule has 0 N–H and O–H groups in total. The molecule has 0 fully saturated rings. The van der Waals surface area contributed by atoms with E-state index in [0.717, 1.165) is 36.1 Å². The first-order chi connectivity index (χ1) is 15.5. The lowest BCUT2D eigenvalue weighted by Crippen LogP contribution is -2.21. The molecule has 0 amide bonds. The Balaban J connectivity index is 1.65. The van der Waals surface area contributed by atoms with E-state index in [4.69, 9.17) is 0 Å². The fourth-order valence-corrected chi connectivity index (χ4v) is 3.08. The van der Waals surface area contributed by atoms with Gasteiger partial charge >= 0.3 is 12.5 Å². The van der Waals surface area contributed by atoms with Crippen molar-refractivity contribution in [2.45, 2.75) is 32.2 Å². The van der Waals surface area contributed by atoms with E-state index in [9.17, 15) is 26.3 Å². The monoisotopic (exact) mass is 466 g/mol. The van der Waals surface area contributed by atoms with Crippen molar-refractivity contribution >= 4 is 6.08 Å². The number of rotatable bonds is 8. The first-order valence-electron chi connectivity index (χ1n) is 10.1. The summed E-state index contributed by atoms with van der Waals surface area (Å²) in [4.78, 5) is 0. The van der Waals surface area contributed by atoms with Gasteiger partial charge in [-0.3, -0.25) is 0 Å². The van der Waals surface area contributed by atoms with Gasteiger partial charge in [0.1, 0.15) is 5.75 Å². The molecule has 8 heteroatoms. The van der Waals surface area contributed by atoms with Crippen molar-refractivity contribution in [3.63, 3.8) is 0 Å². The molecule has 0 aliphatic carbocycles. The topological polar surface area (TPSA) is 18.5 Å². The Kier molecular flexibility index (Phi) is 7.36. The number of alkyl halides is 5. The predicted molar refractivity (Wildman–Crippen MR) is 114 cm³/mol. The van der Waals surface area contributed by atoms with E-state index in [1.54, 1.807) is 24.3 Å². The van der Waals surface area contributed by atoms with Crippen LogP contribution in [0.3, 0.4) is 0 Å². The van der Waals surface area contributed by atoms with Gasteiger partial charge in [-0.15, -0.1) is 13.2 Å². The van der Waals surface area contributed by atoms with Crippen LogP contribution >= 0.6 is 0 Å². The Morgan fingerprint density at radius 1 is 0.788 bits per heavy atom. The standard InChI is InChI=1S/C25H20F6O2/c1-2-3-17-4-8-19(9-5-17)20-10-6-18(7-11-20)14-15-24(27,28)32-21-12-13-23(22(26)16-21)33-25(29,30)31/h4-16H,2-3H2,1H3. The number of hydrogen-bond donors (Lipinski definition) is 0. The molecule has 0 bridgehead atoms. The Hall–Kier alpha value is -3.42. The van der Waals surface area contributed by atoms with E-state index in [0.29, 0.717) is 23.8 Å². The van der Waals surface area contributed by atoms with Gasteiger partial charge in [-0.1, -0.05) is 61.9 Å². The first-order valence-corrected chi connectivity index (χ1v) is 10.1. The van der Waals surface area contributed by atoms with Crippen LogP contribution < -0.4 is 9.47 Å². The molecular weight excluding hydrogens is 446 g/mol. The molecule has 0 aromatic heterocycles. The maximum absolute atomic E-state index is 14.1. The van der Waals surface area contributed by atoms with Crippen LogP contribution in [0.15, 0.2) is 72.8 Å². The van der Waals surface area contributed by atoms with Gasteiger partial charge in [0, 0.05) is 12.1 Å². The highest BCUT2D eigenvalue weighted by molar-refractivity contribution is 5.66. The summed E-state index contributed by atoms with van der Waals surface area (Å²) in [6, 6.07) is 16.7. The van der Waals surface area contributed by atoms with E-state index < -0.39 is 29.8 Å². The normalized spacial score (nSPS) is 12.2. The molecule has 0 atom stereocenters. The minimum absolute atomic E-state index is 0.392. The third-order valence-corrected chi connectivity index (χ3v) is 4.59. The summed E-state index contributed by atoms with van der Waals surface area (Å²) in [6.07, 6.45) is -5.28. The van der Waals surface area contributed by atoms with Gasteiger partial charge in [-0.05, 0) is 46.9 Å². The first kappa shape index (κ1) is 24.2. The molecule has 3 aromatic carbocycles. The molecule has 3 aromatic rings. The van der Waals surface area contributed by atoms with Crippen LogP contribution in [0.2, 0.25) is 0 Å². The molecule has 0 saturated carbocycles. The highest BCUT2D eigenvalue weighted by atomic mass is 19.4. The smallest absolute Gasteiger partial charge is 0.429 e. The predicted octanol–water partition coefficient (Wildman–Crippen LogP) is 8.03. The number of halogens is 6. The van der Waals surface area contributed by atoms with Crippen molar-refractivity contribution in [3.05, 3.63) is 89.8 Å². The highest BCUT2D eigenvalue weighted by Crippen LogP contribution is 2.31. The third-order valence-electron chi connectivity index (χ3n) is 4.59. The zero-order valence-electron chi connectivity index (χ0n) is 17.5. The van der Waals surface area contributed by atoms with Gasteiger partial charge in [0.15, 0.2) is 11.6 Å². The van der Waals surface area contributed by atoms with E-state index in [1.165, 1.54) is 5.56 Å². The van der Waals surface area contributed by atoms with Gasteiger partial charge in [0.2, 0.25) is 0 Å². The lowest BCUT2D eigenvalue weighted by molar-refractivity contribution is -0.275. The van der Waals surface area contributed by atoms with Crippen LogP contribution in [0.4, 0.5) is 26.3 Å². The van der Waals surface area contributed by atoms with Crippen LogP contribution in [0.25, 0.3) is 17.2 Å². The van der Waals surface area contributed by atoms with Crippen LogP contribution in [0, 0.1) is 5.82 Å². The Morgan fingerprint density at radius 2 is 1.39 bits per heavy atom. The van der Waals surface area contributed by atoms with Crippen LogP contribution in [0.5, 0.6) is 11.5 Å². The summed E-state index contributed by atoms with van der Waals surface area (Å²) in [5, 5.41) is 0. The number of aryl methyl sites for hydroxylation is 1. The molecule has 0 aliphatic rings. The summed E-state index contributed by atoms with van der Waals surface area (Å²) >= 11 is 0. The average Bonchev–Trinajstić information content (AvgIpc) is 2.74. The van der Waals surface area contributed by atoms with E-state index in [-0.39, 0.29) is 0 Å². The van der Waals surface area contributed by atoms with Gasteiger partial charge in [-0.25, -0.2) is 4.39 Å². The SMILES string of the molecule is CCCc1ccc(-c2ccc(C=CC(F)(F)Oc3ccc(OC(F)(F)F)c(F)c3)cc2)cc1. The van der Waals surface area contributed by atoms with Gasteiger partial charge in [-0.2, -0.15) is 8.78 Å². The minimum Gasteiger partial charge on any atom is -0.429 e. The lowest BCUT2D eigenvalue weighted by atomic mass is 10.0. The van der Waals surface area contributed by atoms with Gasteiger partial charge in [0.25, 0.3) is 0 Å². The van der Waals surface area contributed by atoms with Crippen molar-refractivity contribution in [1.82, 2.24) is 0 Å². The summed E-state index contributed by atoms with van der Waals surface area (Å²) in [5.41, 5.74) is 3.64. The molecule has 3 rings (SSSR count). The third kappa shape index (κ3) is 7.30. The van der Waals surface area contributed by atoms with Gasteiger partial charge < -0.3 is 9.47 Å². The molecule has 0 saturated heterocycles. The summed E-state index contributed by atoms with van der Waals surface area (Å²) in [5.74, 6) is -3.28. The molecule has 0 spiro atoms. The zero-order valence-corrected chi connectivity index (χ0v) is 17.5.